The third kappa shape index (κ3) is 4.39. The van der Waals surface area contributed by atoms with Gasteiger partial charge in [0.2, 0.25) is 10.0 Å². The molecule has 0 bridgehead atoms. The van der Waals surface area contributed by atoms with Gasteiger partial charge in [-0.25, -0.2) is 12.7 Å². The lowest BCUT2D eigenvalue weighted by Crippen LogP contribution is -2.39. The molecule has 0 aromatic heterocycles. The fourth-order valence-electron chi connectivity index (χ4n) is 4.57. The maximum Gasteiger partial charge on any atom is 0.218 e. The normalized spacial score (nSPS) is 26.3. The van der Waals surface area contributed by atoms with Crippen molar-refractivity contribution in [2.24, 2.45) is 5.92 Å². The quantitative estimate of drug-likeness (QED) is 0.808. The van der Waals surface area contributed by atoms with Gasteiger partial charge in [-0.1, -0.05) is 31.2 Å². The summed E-state index contributed by atoms with van der Waals surface area (Å²) in [5.74, 6) is 0.727. The fraction of sp³-hybridized carbons (Fsp3) is 0.714. The van der Waals surface area contributed by atoms with Gasteiger partial charge in [0.25, 0.3) is 0 Å². The molecule has 2 saturated heterocycles. The molecule has 1 unspecified atom stereocenters. The number of sulfonamides is 1. The van der Waals surface area contributed by atoms with Gasteiger partial charge >= 0.3 is 0 Å². The van der Waals surface area contributed by atoms with Gasteiger partial charge in [-0.2, -0.15) is 0 Å². The van der Waals surface area contributed by atoms with Crippen molar-refractivity contribution in [2.45, 2.75) is 69.4 Å². The van der Waals surface area contributed by atoms with Crippen LogP contribution in [0.4, 0.5) is 0 Å². The van der Waals surface area contributed by atoms with Crippen LogP contribution in [0.3, 0.4) is 0 Å². The molecule has 0 radical (unpaired) electrons. The average molecular weight is 393 g/mol. The molecule has 1 aromatic rings. The summed E-state index contributed by atoms with van der Waals surface area (Å²) in [4.78, 5) is 0. The summed E-state index contributed by atoms with van der Waals surface area (Å²) < 4.78 is 33.5. The number of benzene rings is 1. The van der Waals surface area contributed by atoms with Gasteiger partial charge in [0, 0.05) is 25.7 Å². The molecule has 6 heteroatoms. The van der Waals surface area contributed by atoms with Gasteiger partial charge in [-0.15, -0.1) is 0 Å². The van der Waals surface area contributed by atoms with E-state index in [0.29, 0.717) is 31.6 Å². The van der Waals surface area contributed by atoms with Crippen LogP contribution in [0.1, 0.15) is 56.6 Å². The minimum atomic E-state index is -3.25. The summed E-state index contributed by atoms with van der Waals surface area (Å²) in [5.41, 5.74) is 2.15. The molecule has 2 aliphatic heterocycles. The first-order valence-corrected chi connectivity index (χ1v) is 12.0. The van der Waals surface area contributed by atoms with Crippen LogP contribution in [-0.4, -0.2) is 44.1 Å². The predicted molar refractivity (Wildman–Crippen MR) is 107 cm³/mol. The maximum atomic E-state index is 12.9. The van der Waals surface area contributed by atoms with Gasteiger partial charge in [-0.3, -0.25) is 0 Å². The van der Waals surface area contributed by atoms with Crippen LogP contribution in [0.15, 0.2) is 24.3 Å². The lowest BCUT2D eigenvalue weighted by Gasteiger charge is -2.37. The first kappa shape index (κ1) is 19.4. The van der Waals surface area contributed by atoms with E-state index in [0.717, 1.165) is 37.0 Å². The Morgan fingerprint density at radius 2 is 1.89 bits per heavy atom. The van der Waals surface area contributed by atoms with Crippen LogP contribution in [0.2, 0.25) is 0 Å². The third-order valence-corrected chi connectivity index (χ3v) is 8.48. The van der Waals surface area contributed by atoms with Crippen LogP contribution in [-0.2, 0) is 27.1 Å². The molecule has 27 heavy (non-hydrogen) atoms. The Hall–Kier alpha value is -0.950. The first-order valence-electron chi connectivity index (χ1n) is 10.4. The second-order valence-electron chi connectivity index (χ2n) is 8.74. The summed E-state index contributed by atoms with van der Waals surface area (Å²) in [6.45, 7) is 4.99. The molecule has 1 spiro atoms. The van der Waals surface area contributed by atoms with Crippen LogP contribution < -0.4 is 5.32 Å². The Labute approximate surface area is 163 Å². The molecule has 3 aliphatic rings. The van der Waals surface area contributed by atoms with E-state index in [1.54, 1.807) is 4.31 Å². The standard InChI is InChI=1S/C21H32N2O3S/c1-17-7-11-23(12-8-17)27(24,25)16-19-6-3-2-5-18(19)14-22-20-13-21(26-15-20)9-4-10-21/h2-3,5-6,17,20,22H,4,7-16H2,1H3. The molecule has 1 N–H and O–H groups in total. The Morgan fingerprint density at radius 3 is 2.52 bits per heavy atom. The van der Waals surface area contributed by atoms with Crippen LogP contribution in [0.5, 0.6) is 0 Å². The molecule has 1 atom stereocenters. The summed E-state index contributed by atoms with van der Waals surface area (Å²) >= 11 is 0. The number of rotatable bonds is 6. The zero-order valence-electron chi connectivity index (χ0n) is 16.3. The van der Waals surface area contributed by atoms with Crippen molar-refractivity contribution in [3.8, 4) is 0 Å². The predicted octanol–water partition coefficient (Wildman–Crippen LogP) is 3.05. The number of nitrogens with one attached hydrogen (secondary N) is 1. The Kier molecular flexibility index (Phi) is 5.61. The van der Waals surface area contributed by atoms with E-state index in [2.05, 4.69) is 12.2 Å². The van der Waals surface area contributed by atoms with Crippen LogP contribution in [0.25, 0.3) is 0 Å². The molecule has 3 fully saturated rings. The molecule has 1 aliphatic carbocycles. The largest absolute Gasteiger partial charge is 0.373 e. The summed E-state index contributed by atoms with van der Waals surface area (Å²) in [6.07, 6.45) is 6.67. The SMILES string of the molecule is CC1CCN(S(=O)(=O)Cc2ccccc2CNC2COC3(CCC3)C2)CC1. The van der Waals surface area contributed by atoms with Crippen molar-refractivity contribution >= 4 is 10.0 Å². The van der Waals surface area contributed by atoms with E-state index in [-0.39, 0.29) is 11.4 Å². The van der Waals surface area contributed by atoms with E-state index in [9.17, 15) is 8.42 Å². The Bertz CT molecular complexity index is 752. The van der Waals surface area contributed by atoms with Gasteiger partial charge in [-0.05, 0) is 55.6 Å². The second kappa shape index (κ2) is 7.82. The van der Waals surface area contributed by atoms with Gasteiger partial charge in [0.05, 0.1) is 18.0 Å². The highest BCUT2D eigenvalue weighted by atomic mass is 32.2. The highest BCUT2D eigenvalue weighted by Gasteiger charge is 2.44. The van der Waals surface area contributed by atoms with E-state index < -0.39 is 10.0 Å². The molecule has 150 valence electrons. The molecule has 1 aromatic carbocycles. The topological polar surface area (TPSA) is 58.6 Å². The van der Waals surface area contributed by atoms with Crippen molar-refractivity contribution in [3.63, 3.8) is 0 Å². The number of hydrogen-bond donors (Lipinski definition) is 1. The van der Waals surface area contributed by atoms with Crippen molar-refractivity contribution in [3.05, 3.63) is 35.4 Å². The zero-order valence-corrected chi connectivity index (χ0v) is 17.1. The molecule has 4 rings (SSSR count). The number of piperidine rings is 1. The van der Waals surface area contributed by atoms with Gasteiger partial charge in [0.15, 0.2) is 0 Å². The van der Waals surface area contributed by atoms with Crippen LogP contribution in [0, 0.1) is 5.92 Å². The van der Waals surface area contributed by atoms with Crippen molar-refractivity contribution in [1.29, 1.82) is 0 Å². The van der Waals surface area contributed by atoms with Crippen molar-refractivity contribution in [2.75, 3.05) is 19.7 Å². The molecular weight excluding hydrogens is 360 g/mol. The molecule has 1 saturated carbocycles. The number of hydrogen-bond acceptors (Lipinski definition) is 4. The molecule has 0 amide bonds. The van der Waals surface area contributed by atoms with Crippen molar-refractivity contribution < 1.29 is 13.2 Å². The summed E-state index contributed by atoms with van der Waals surface area (Å²) in [7, 11) is -3.25. The highest BCUT2D eigenvalue weighted by molar-refractivity contribution is 7.88. The van der Waals surface area contributed by atoms with Gasteiger partial charge < -0.3 is 10.1 Å². The number of nitrogens with zero attached hydrogens (tertiary/aromatic N) is 1. The zero-order chi connectivity index (χ0) is 18.9. The monoisotopic (exact) mass is 392 g/mol. The molecular formula is C21H32N2O3S. The Morgan fingerprint density at radius 1 is 1.19 bits per heavy atom. The van der Waals surface area contributed by atoms with E-state index >= 15 is 0 Å². The fourth-order valence-corrected chi connectivity index (χ4v) is 6.20. The summed E-state index contributed by atoms with van der Waals surface area (Å²) in [5, 5.41) is 3.60. The average Bonchev–Trinajstić information content (AvgIpc) is 3.06. The smallest absolute Gasteiger partial charge is 0.218 e. The molecule has 5 nitrogen and oxygen atoms in total. The lowest BCUT2D eigenvalue weighted by molar-refractivity contribution is -0.0563. The lowest BCUT2D eigenvalue weighted by atomic mass is 9.77. The third-order valence-electron chi connectivity index (χ3n) is 6.65. The van der Waals surface area contributed by atoms with E-state index in [1.807, 2.05) is 24.3 Å². The Balaban J connectivity index is 1.37. The maximum absolute atomic E-state index is 12.9. The minimum Gasteiger partial charge on any atom is -0.373 e. The summed E-state index contributed by atoms with van der Waals surface area (Å²) in [6, 6.07) is 8.31. The second-order valence-corrected chi connectivity index (χ2v) is 10.7. The van der Waals surface area contributed by atoms with Crippen molar-refractivity contribution in [1.82, 2.24) is 9.62 Å². The first-order chi connectivity index (χ1) is 13.0. The van der Waals surface area contributed by atoms with E-state index in [1.165, 1.54) is 19.3 Å². The van der Waals surface area contributed by atoms with E-state index in [4.69, 9.17) is 4.74 Å². The minimum absolute atomic E-state index is 0.102. The molecule has 2 heterocycles. The van der Waals surface area contributed by atoms with Gasteiger partial charge in [0.1, 0.15) is 0 Å². The van der Waals surface area contributed by atoms with Crippen LogP contribution >= 0.6 is 0 Å². The number of ether oxygens (including phenoxy) is 1. The highest BCUT2D eigenvalue weighted by Crippen LogP contribution is 2.43.